The first-order valence-corrected chi connectivity index (χ1v) is 8.15. The maximum absolute atomic E-state index is 6.00. The molecule has 2 aromatic carbocycles. The van der Waals surface area contributed by atoms with Crippen LogP contribution in [0.1, 0.15) is 5.69 Å². The van der Waals surface area contributed by atoms with Crippen LogP contribution in [0.25, 0.3) is 27.8 Å². The number of nitrogens with one attached hydrogen (secondary N) is 1. The van der Waals surface area contributed by atoms with Crippen LogP contribution in [-0.2, 0) is 5.88 Å². The van der Waals surface area contributed by atoms with Crippen molar-refractivity contribution in [1.29, 1.82) is 0 Å². The summed E-state index contributed by atoms with van der Waals surface area (Å²) in [4.78, 5) is 3.31. The van der Waals surface area contributed by atoms with Crippen molar-refractivity contribution in [2.45, 2.75) is 5.88 Å². The molecule has 4 rings (SSSR count). The molecule has 114 valence electrons. The molecule has 4 aromatic rings. The van der Waals surface area contributed by atoms with Crippen molar-refractivity contribution < 1.29 is 0 Å². The topological polar surface area (TPSA) is 33.6 Å². The Morgan fingerprint density at radius 2 is 1.83 bits per heavy atom. The van der Waals surface area contributed by atoms with Crippen molar-refractivity contribution in [2.75, 3.05) is 0 Å². The van der Waals surface area contributed by atoms with Gasteiger partial charge in [0, 0.05) is 27.7 Å². The van der Waals surface area contributed by atoms with E-state index in [4.69, 9.17) is 23.2 Å². The number of benzene rings is 2. The van der Waals surface area contributed by atoms with Gasteiger partial charge in [0.15, 0.2) is 0 Å². The summed E-state index contributed by atoms with van der Waals surface area (Å²) >= 11 is 12.0. The van der Waals surface area contributed by atoms with Crippen LogP contribution >= 0.6 is 23.2 Å². The van der Waals surface area contributed by atoms with Gasteiger partial charge in [-0.25, -0.2) is 4.68 Å². The van der Waals surface area contributed by atoms with E-state index in [0.29, 0.717) is 10.9 Å². The Morgan fingerprint density at radius 3 is 2.61 bits per heavy atom. The van der Waals surface area contributed by atoms with Gasteiger partial charge in [-0.2, -0.15) is 5.10 Å². The lowest BCUT2D eigenvalue weighted by atomic mass is 10.1. The standard InChI is InChI=1S/C18H13Cl2N3/c19-10-13-9-18(16-11-21-17-4-2-1-3-15(16)17)23(22-13)14-7-5-12(20)6-8-14/h1-9,11,21H,10H2. The van der Waals surface area contributed by atoms with E-state index in [1.165, 1.54) is 0 Å². The summed E-state index contributed by atoms with van der Waals surface area (Å²) in [5.74, 6) is 0.371. The average molecular weight is 342 g/mol. The average Bonchev–Trinajstić information content (AvgIpc) is 3.19. The molecule has 3 nitrogen and oxygen atoms in total. The molecular formula is C18H13Cl2N3. The minimum atomic E-state index is 0.371. The summed E-state index contributed by atoms with van der Waals surface area (Å²) in [7, 11) is 0. The summed E-state index contributed by atoms with van der Waals surface area (Å²) in [5, 5.41) is 6.48. The van der Waals surface area contributed by atoms with Gasteiger partial charge in [0.25, 0.3) is 0 Å². The third kappa shape index (κ3) is 2.52. The van der Waals surface area contributed by atoms with Crippen LogP contribution in [0.2, 0.25) is 5.02 Å². The molecule has 23 heavy (non-hydrogen) atoms. The minimum absolute atomic E-state index is 0.371. The molecule has 0 spiro atoms. The molecule has 5 heteroatoms. The van der Waals surface area contributed by atoms with Crippen LogP contribution in [0.15, 0.2) is 60.8 Å². The number of hydrogen-bond acceptors (Lipinski definition) is 1. The van der Waals surface area contributed by atoms with E-state index in [1.807, 2.05) is 53.3 Å². The van der Waals surface area contributed by atoms with Gasteiger partial charge < -0.3 is 4.98 Å². The lowest BCUT2D eigenvalue weighted by Crippen LogP contribution is -1.99. The second-order valence-corrected chi connectivity index (χ2v) is 5.99. The van der Waals surface area contributed by atoms with Gasteiger partial charge in [-0.05, 0) is 36.4 Å². The van der Waals surface area contributed by atoms with Gasteiger partial charge in [0.2, 0.25) is 0 Å². The zero-order chi connectivity index (χ0) is 15.8. The molecule has 0 aliphatic heterocycles. The van der Waals surface area contributed by atoms with E-state index >= 15 is 0 Å². The van der Waals surface area contributed by atoms with Gasteiger partial charge in [-0.1, -0.05) is 29.8 Å². The number of fused-ring (bicyclic) bond motifs is 1. The van der Waals surface area contributed by atoms with Gasteiger partial charge in [-0.3, -0.25) is 0 Å². The number of para-hydroxylation sites is 1. The van der Waals surface area contributed by atoms with E-state index in [9.17, 15) is 0 Å². The molecule has 0 bridgehead atoms. The largest absolute Gasteiger partial charge is 0.360 e. The number of hydrogen-bond donors (Lipinski definition) is 1. The number of rotatable bonds is 3. The van der Waals surface area contributed by atoms with E-state index in [0.717, 1.165) is 33.5 Å². The number of halogens is 2. The van der Waals surface area contributed by atoms with Crippen molar-refractivity contribution in [3.63, 3.8) is 0 Å². The van der Waals surface area contributed by atoms with Gasteiger partial charge >= 0.3 is 0 Å². The molecule has 0 aliphatic rings. The smallest absolute Gasteiger partial charge is 0.0783 e. The third-order valence-electron chi connectivity index (χ3n) is 3.83. The molecule has 0 saturated heterocycles. The van der Waals surface area contributed by atoms with E-state index in [-0.39, 0.29) is 0 Å². The van der Waals surface area contributed by atoms with Gasteiger partial charge in [0.1, 0.15) is 0 Å². The first-order chi connectivity index (χ1) is 11.3. The Hall–Kier alpha value is -2.23. The Morgan fingerprint density at radius 1 is 1.04 bits per heavy atom. The van der Waals surface area contributed by atoms with Crippen molar-refractivity contribution in [1.82, 2.24) is 14.8 Å². The zero-order valence-electron chi connectivity index (χ0n) is 12.1. The number of aromatic amines is 1. The van der Waals surface area contributed by atoms with Crippen LogP contribution in [0.3, 0.4) is 0 Å². The molecule has 0 atom stereocenters. The lowest BCUT2D eigenvalue weighted by molar-refractivity contribution is 0.866. The quantitative estimate of drug-likeness (QED) is 0.496. The summed E-state index contributed by atoms with van der Waals surface area (Å²) in [6.07, 6.45) is 2.01. The summed E-state index contributed by atoms with van der Waals surface area (Å²) in [6.45, 7) is 0. The molecule has 0 fully saturated rings. The fourth-order valence-corrected chi connectivity index (χ4v) is 3.01. The monoisotopic (exact) mass is 341 g/mol. The van der Waals surface area contributed by atoms with Crippen molar-refractivity contribution in [3.05, 3.63) is 71.5 Å². The number of nitrogens with zero attached hydrogens (tertiary/aromatic N) is 2. The van der Waals surface area contributed by atoms with E-state index < -0.39 is 0 Å². The predicted octanol–water partition coefficient (Wildman–Crippen LogP) is 5.41. The Labute approximate surface area is 143 Å². The minimum Gasteiger partial charge on any atom is -0.360 e. The lowest BCUT2D eigenvalue weighted by Gasteiger charge is -2.07. The molecule has 0 radical (unpaired) electrons. The first-order valence-electron chi connectivity index (χ1n) is 7.23. The molecule has 2 aromatic heterocycles. The fraction of sp³-hybridized carbons (Fsp3) is 0.0556. The number of aromatic nitrogens is 3. The zero-order valence-corrected chi connectivity index (χ0v) is 13.6. The van der Waals surface area contributed by atoms with Crippen LogP contribution in [0.5, 0.6) is 0 Å². The first kappa shape index (κ1) is 14.4. The second-order valence-electron chi connectivity index (χ2n) is 5.29. The van der Waals surface area contributed by atoms with Crippen molar-refractivity contribution >= 4 is 34.1 Å². The SMILES string of the molecule is ClCc1cc(-c2c[nH]c3ccccc23)n(-c2ccc(Cl)cc2)n1. The van der Waals surface area contributed by atoms with Crippen LogP contribution in [0.4, 0.5) is 0 Å². The Balaban J connectivity index is 1.94. The third-order valence-corrected chi connectivity index (χ3v) is 4.36. The van der Waals surface area contributed by atoms with Crippen LogP contribution < -0.4 is 0 Å². The highest BCUT2D eigenvalue weighted by molar-refractivity contribution is 6.30. The van der Waals surface area contributed by atoms with Crippen LogP contribution in [-0.4, -0.2) is 14.8 Å². The van der Waals surface area contributed by atoms with Crippen molar-refractivity contribution in [3.8, 4) is 16.9 Å². The maximum atomic E-state index is 6.00. The number of alkyl halides is 1. The number of H-pyrrole nitrogens is 1. The second kappa shape index (κ2) is 5.76. The normalized spacial score (nSPS) is 11.2. The summed E-state index contributed by atoms with van der Waals surface area (Å²) in [5.41, 5.74) is 4.98. The van der Waals surface area contributed by atoms with E-state index in [1.54, 1.807) is 0 Å². The highest BCUT2D eigenvalue weighted by Crippen LogP contribution is 2.31. The molecule has 1 N–H and O–H groups in total. The molecule has 0 amide bonds. The highest BCUT2D eigenvalue weighted by atomic mass is 35.5. The van der Waals surface area contributed by atoms with Gasteiger partial charge in [-0.15, -0.1) is 11.6 Å². The molecule has 0 unspecified atom stereocenters. The van der Waals surface area contributed by atoms with E-state index in [2.05, 4.69) is 22.2 Å². The summed E-state index contributed by atoms with van der Waals surface area (Å²) in [6, 6.07) is 17.9. The Bertz CT molecular complexity index is 968. The Kier molecular flexibility index (Phi) is 3.60. The highest BCUT2D eigenvalue weighted by Gasteiger charge is 2.14. The molecule has 0 saturated carbocycles. The fourth-order valence-electron chi connectivity index (χ4n) is 2.75. The predicted molar refractivity (Wildman–Crippen MR) is 95.4 cm³/mol. The maximum Gasteiger partial charge on any atom is 0.0783 e. The molecule has 0 aliphatic carbocycles. The van der Waals surface area contributed by atoms with Crippen molar-refractivity contribution in [2.24, 2.45) is 0 Å². The molecule has 2 heterocycles. The van der Waals surface area contributed by atoms with Crippen LogP contribution in [0, 0.1) is 0 Å². The molecular weight excluding hydrogens is 329 g/mol. The van der Waals surface area contributed by atoms with Gasteiger partial charge in [0.05, 0.1) is 23.0 Å². The summed E-state index contributed by atoms with van der Waals surface area (Å²) < 4.78 is 1.91.